The van der Waals surface area contributed by atoms with Gasteiger partial charge in [0.1, 0.15) is 12.4 Å². The smallest absolute Gasteiger partial charge is 0.174 e. The van der Waals surface area contributed by atoms with E-state index >= 15 is 0 Å². The summed E-state index contributed by atoms with van der Waals surface area (Å²) in [6.45, 7) is 6.32. The molecule has 0 saturated heterocycles. The fourth-order valence-electron chi connectivity index (χ4n) is 1.74. The number of ether oxygens (including phenoxy) is 1. The van der Waals surface area contributed by atoms with Crippen molar-refractivity contribution in [2.75, 3.05) is 6.54 Å². The number of rotatable bonds is 7. The van der Waals surface area contributed by atoms with E-state index < -0.39 is 0 Å². The Kier molecular flexibility index (Phi) is 6.08. The predicted molar refractivity (Wildman–Crippen MR) is 86.5 cm³/mol. The summed E-state index contributed by atoms with van der Waals surface area (Å²) in [5.74, 6) is 2.02. The highest BCUT2D eigenvalue weighted by Crippen LogP contribution is 2.28. The van der Waals surface area contributed by atoms with E-state index in [-0.39, 0.29) is 0 Å². The maximum absolute atomic E-state index is 5.89. The van der Waals surface area contributed by atoms with Gasteiger partial charge in [-0.3, -0.25) is 0 Å². The molecule has 2 rings (SSSR count). The maximum Gasteiger partial charge on any atom is 0.174 e. The Balaban J connectivity index is 1.85. The van der Waals surface area contributed by atoms with Crippen LogP contribution in [-0.4, -0.2) is 11.7 Å². The molecule has 0 amide bonds. The fraction of sp³-hybridized carbons (Fsp3) is 0.400. The molecular formula is C15H18BrClN2O2. The lowest BCUT2D eigenvalue weighted by molar-refractivity contribution is 0.247. The molecule has 0 bridgehead atoms. The molecule has 0 fully saturated rings. The fourth-order valence-corrected chi connectivity index (χ4v) is 2.53. The van der Waals surface area contributed by atoms with Crippen molar-refractivity contribution >= 4 is 27.5 Å². The molecule has 1 N–H and O–H groups in total. The van der Waals surface area contributed by atoms with E-state index in [9.17, 15) is 0 Å². The van der Waals surface area contributed by atoms with Crippen molar-refractivity contribution in [2.24, 2.45) is 5.92 Å². The van der Waals surface area contributed by atoms with Gasteiger partial charge in [0.25, 0.3) is 0 Å². The van der Waals surface area contributed by atoms with Crippen LogP contribution in [0.2, 0.25) is 5.02 Å². The normalized spacial score (nSPS) is 11.1. The van der Waals surface area contributed by atoms with Crippen LogP contribution in [0.25, 0.3) is 0 Å². The summed E-state index contributed by atoms with van der Waals surface area (Å²) in [6.07, 6.45) is 0. The number of nitrogens with one attached hydrogen (secondary N) is 1. The van der Waals surface area contributed by atoms with Crippen LogP contribution in [-0.2, 0) is 13.2 Å². The predicted octanol–water partition coefficient (Wildman–Crippen LogP) is 4.42. The molecule has 1 heterocycles. The van der Waals surface area contributed by atoms with Gasteiger partial charge in [-0.05, 0) is 46.6 Å². The van der Waals surface area contributed by atoms with E-state index in [1.165, 1.54) is 0 Å². The van der Waals surface area contributed by atoms with Crippen molar-refractivity contribution in [3.8, 4) is 5.75 Å². The van der Waals surface area contributed by atoms with Crippen LogP contribution < -0.4 is 10.1 Å². The molecule has 0 radical (unpaired) electrons. The van der Waals surface area contributed by atoms with E-state index in [1.807, 2.05) is 12.1 Å². The average molecular weight is 374 g/mol. The van der Waals surface area contributed by atoms with Gasteiger partial charge in [-0.25, -0.2) is 0 Å². The van der Waals surface area contributed by atoms with E-state index in [0.717, 1.165) is 22.5 Å². The quantitative estimate of drug-likeness (QED) is 0.780. The molecule has 6 heteroatoms. The molecule has 4 nitrogen and oxygen atoms in total. The topological polar surface area (TPSA) is 47.3 Å². The molecule has 0 aliphatic heterocycles. The van der Waals surface area contributed by atoms with Gasteiger partial charge >= 0.3 is 0 Å². The summed E-state index contributed by atoms with van der Waals surface area (Å²) >= 11 is 9.29. The lowest BCUT2D eigenvalue weighted by Gasteiger charge is -2.06. The molecule has 114 valence electrons. The summed E-state index contributed by atoms with van der Waals surface area (Å²) in [7, 11) is 0. The van der Waals surface area contributed by atoms with Gasteiger partial charge in [-0.2, -0.15) is 0 Å². The number of benzene rings is 1. The van der Waals surface area contributed by atoms with Crippen LogP contribution in [0.5, 0.6) is 5.75 Å². The van der Waals surface area contributed by atoms with Crippen LogP contribution >= 0.6 is 27.5 Å². The third kappa shape index (κ3) is 5.34. The molecule has 0 aliphatic rings. The van der Waals surface area contributed by atoms with Crippen LogP contribution in [0, 0.1) is 5.92 Å². The van der Waals surface area contributed by atoms with Crippen molar-refractivity contribution in [1.82, 2.24) is 10.5 Å². The van der Waals surface area contributed by atoms with Gasteiger partial charge in [0.2, 0.25) is 0 Å². The first-order valence-electron chi connectivity index (χ1n) is 6.77. The summed E-state index contributed by atoms with van der Waals surface area (Å²) < 4.78 is 11.7. The summed E-state index contributed by atoms with van der Waals surface area (Å²) in [5, 5.41) is 7.99. The molecule has 2 aromatic rings. The Hall–Kier alpha value is -1.04. The Morgan fingerprint density at radius 3 is 2.90 bits per heavy atom. The highest BCUT2D eigenvalue weighted by Gasteiger charge is 2.07. The van der Waals surface area contributed by atoms with Gasteiger partial charge in [0, 0.05) is 17.6 Å². The van der Waals surface area contributed by atoms with Crippen molar-refractivity contribution < 1.29 is 9.26 Å². The minimum atomic E-state index is 0.331. The second kappa shape index (κ2) is 7.82. The van der Waals surface area contributed by atoms with Crippen LogP contribution in [0.15, 0.2) is 33.3 Å². The maximum atomic E-state index is 5.89. The molecular weight excluding hydrogens is 356 g/mol. The zero-order valence-electron chi connectivity index (χ0n) is 12.0. The third-order valence-electron chi connectivity index (χ3n) is 2.73. The second-order valence-electron chi connectivity index (χ2n) is 5.17. The zero-order chi connectivity index (χ0) is 15.2. The first-order valence-corrected chi connectivity index (χ1v) is 7.94. The summed E-state index contributed by atoms with van der Waals surface area (Å²) in [4.78, 5) is 0. The highest BCUT2D eigenvalue weighted by atomic mass is 79.9. The average Bonchev–Trinajstić information content (AvgIpc) is 2.85. The number of nitrogens with zero attached hydrogens (tertiary/aromatic N) is 1. The van der Waals surface area contributed by atoms with E-state index in [4.69, 9.17) is 20.9 Å². The van der Waals surface area contributed by atoms with Crippen molar-refractivity contribution in [2.45, 2.75) is 27.0 Å². The Bertz CT molecular complexity index is 587. The molecule has 0 saturated carbocycles. The largest absolute Gasteiger partial charge is 0.484 e. The SMILES string of the molecule is CC(C)CNCc1cc(COc2ccc(Cl)cc2Br)on1. The first kappa shape index (κ1) is 16.3. The van der Waals surface area contributed by atoms with Crippen molar-refractivity contribution in [3.63, 3.8) is 0 Å². The van der Waals surface area contributed by atoms with Gasteiger partial charge in [0.05, 0.1) is 10.2 Å². The minimum absolute atomic E-state index is 0.331. The van der Waals surface area contributed by atoms with Crippen LogP contribution in [0.3, 0.4) is 0 Å². The third-order valence-corrected chi connectivity index (χ3v) is 3.59. The molecule has 0 aliphatic carbocycles. The number of halogens is 2. The zero-order valence-corrected chi connectivity index (χ0v) is 14.4. The molecule has 1 aromatic carbocycles. The van der Waals surface area contributed by atoms with Crippen molar-refractivity contribution in [3.05, 3.63) is 45.2 Å². The van der Waals surface area contributed by atoms with Gasteiger partial charge in [-0.1, -0.05) is 30.6 Å². The van der Waals surface area contributed by atoms with E-state index in [1.54, 1.807) is 12.1 Å². The molecule has 0 unspecified atom stereocenters. The molecule has 21 heavy (non-hydrogen) atoms. The van der Waals surface area contributed by atoms with E-state index in [0.29, 0.717) is 29.9 Å². The monoisotopic (exact) mass is 372 g/mol. The van der Waals surface area contributed by atoms with Crippen LogP contribution in [0.4, 0.5) is 0 Å². The van der Waals surface area contributed by atoms with Gasteiger partial charge < -0.3 is 14.6 Å². The number of hydrogen-bond donors (Lipinski definition) is 1. The lowest BCUT2D eigenvalue weighted by atomic mass is 10.2. The standard InChI is InChI=1S/C15H18BrClN2O2/c1-10(2)7-18-8-12-6-13(21-19-12)9-20-15-4-3-11(17)5-14(15)16/h3-6,10,18H,7-9H2,1-2H3. The highest BCUT2D eigenvalue weighted by molar-refractivity contribution is 9.10. The Morgan fingerprint density at radius 2 is 2.19 bits per heavy atom. The van der Waals surface area contributed by atoms with Gasteiger partial charge in [-0.15, -0.1) is 0 Å². The number of aromatic nitrogens is 1. The second-order valence-corrected chi connectivity index (χ2v) is 6.46. The molecule has 1 aromatic heterocycles. The molecule has 0 spiro atoms. The Morgan fingerprint density at radius 1 is 1.38 bits per heavy atom. The Labute approximate surface area is 137 Å². The first-order chi connectivity index (χ1) is 10.0. The van der Waals surface area contributed by atoms with Crippen LogP contribution in [0.1, 0.15) is 25.3 Å². The summed E-state index contributed by atoms with van der Waals surface area (Å²) in [6, 6.07) is 7.28. The van der Waals surface area contributed by atoms with Crippen molar-refractivity contribution in [1.29, 1.82) is 0 Å². The minimum Gasteiger partial charge on any atom is -0.484 e. The number of hydrogen-bond acceptors (Lipinski definition) is 4. The van der Waals surface area contributed by atoms with Gasteiger partial charge in [0.15, 0.2) is 5.76 Å². The summed E-state index contributed by atoms with van der Waals surface area (Å²) in [5.41, 5.74) is 0.879. The lowest BCUT2D eigenvalue weighted by Crippen LogP contribution is -2.19. The van der Waals surface area contributed by atoms with E-state index in [2.05, 4.69) is 40.3 Å². The molecule has 0 atom stereocenters.